The maximum atomic E-state index is 13.6. The third-order valence-corrected chi connectivity index (χ3v) is 7.77. The van der Waals surface area contributed by atoms with Gasteiger partial charge in [-0.15, -0.1) is 0 Å². The number of alkyl halides is 3. The van der Waals surface area contributed by atoms with Gasteiger partial charge in [0.15, 0.2) is 6.61 Å². The molecule has 1 unspecified atom stereocenters. The number of nitrogens with one attached hydrogen (secondary N) is 1. The van der Waals surface area contributed by atoms with Crippen molar-refractivity contribution in [3.8, 4) is 5.75 Å². The Morgan fingerprint density at radius 3 is 2.35 bits per heavy atom. The van der Waals surface area contributed by atoms with E-state index in [9.17, 15) is 32.3 Å². The minimum Gasteiger partial charge on any atom is -0.484 e. The highest BCUT2D eigenvalue weighted by Gasteiger charge is 2.58. The Balaban J connectivity index is 1.34. The molecular formula is C26H27ClF4N2O4. The van der Waals surface area contributed by atoms with Gasteiger partial charge in [-0.3, -0.25) is 9.59 Å². The van der Waals surface area contributed by atoms with E-state index in [1.807, 2.05) is 0 Å². The predicted molar refractivity (Wildman–Crippen MR) is 127 cm³/mol. The van der Waals surface area contributed by atoms with Crippen LogP contribution in [0.25, 0.3) is 0 Å². The minimum atomic E-state index is -4.44. The number of nitrogens with zero attached hydrogens (tertiary/aromatic N) is 1. The van der Waals surface area contributed by atoms with Crippen LogP contribution in [0.15, 0.2) is 42.5 Å². The predicted octanol–water partition coefficient (Wildman–Crippen LogP) is 4.72. The second-order valence-electron chi connectivity index (χ2n) is 9.93. The fraction of sp³-hybridized carbons (Fsp3) is 0.462. The number of aliphatic hydroxyl groups excluding tert-OH is 1. The van der Waals surface area contributed by atoms with Gasteiger partial charge >= 0.3 is 6.18 Å². The van der Waals surface area contributed by atoms with Crippen molar-refractivity contribution in [2.45, 2.75) is 56.5 Å². The van der Waals surface area contributed by atoms with Crippen molar-refractivity contribution in [2.24, 2.45) is 5.41 Å². The van der Waals surface area contributed by atoms with Crippen LogP contribution < -0.4 is 10.1 Å². The highest BCUT2D eigenvalue weighted by atomic mass is 35.5. The van der Waals surface area contributed by atoms with Crippen molar-refractivity contribution in [3.63, 3.8) is 0 Å². The third-order valence-electron chi connectivity index (χ3n) is 7.46. The van der Waals surface area contributed by atoms with Crippen LogP contribution in [0.3, 0.4) is 0 Å². The summed E-state index contributed by atoms with van der Waals surface area (Å²) in [5, 5.41) is 13.9. The lowest BCUT2D eigenvalue weighted by atomic mass is 9.55. The summed E-state index contributed by atoms with van der Waals surface area (Å²) >= 11 is 5.64. The SMILES string of the molecule is CN(Cc1ccc(C(F)(F)F)cc1)C(=O)C12CCC(NC(=O)COc3ccc(Cl)c(F)c3)(CC1)CC2O. The molecule has 2 aromatic rings. The first-order valence-corrected chi connectivity index (χ1v) is 12.2. The Morgan fingerprint density at radius 1 is 1.14 bits per heavy atom. The van der Waals surface area contributed by atoms with Gasteiger partial charge in [0.05, 0.1) is 22.1 Å². The van der Waals surface area contributed by atoms with E-state index in [-0.39, 0.29) is 36.3 Å². The third kappa shape index (κ3) is 5.70. The fourth-order valence-corrected chi connectivity index (χ4v) is 5.50. The number of hydrogen-bond acceptors (Lipinski definition) is 4. The van der Waals surface area contributed by atoms with Crippen LogP contribution in [-0.4, -0.2) is 47.1 Å². The Bertz CT molecular complexity index is 1160. The average molecular weight is 543 g/mol. The molecule has 3 aliphatic rings. The second-order valence-corrected chi connectivity index (χ2v) is 10.3. The molecule has 2 aromatic carbocycles. The fourth-order valence-electron chi connectivity index (χ4n) is 5.38. The number of aliphatic hydroxyl groups is 1. The summed E-state index contributed by atoms with van der Waals surface area (Å²) in [5.74, 6) is -1.21. The normalized spacial score (nSPS) is 25.0. The van der Waals surface area contributed by atoms with Gasteiger partial charge in [-0.2, -0.15) is 13.2 Å². The minimum absolute atomic E-state index is 0.0582. The number of carbonyl (C=O) groups is 2. The van der Waals surface area contributed by atoms with Crippen molar-refractivity contribution in [3.05, 3.63) is 64.4 Å². The Hall–Kier alpha value is -2.85. The van der Waals surface area contributed by atoms with Crippen molar-refractivity contribution >= 4 is 23.4 Å². The van der Waals surface area contributed by atoms with Gasteiger partial charge in [-0.1, -0.05) is 23.7 Å². The first kappa shape index (κ1) is 27.2. The van der Waals surface area contributed by atoms with Gasteiger partial charge < -0.3 is 20.1 Å². The van der Waals surface area contributed by atoms with E-state index in [1.54, 1.807) is 7.05 Å². The Labute approximate surface area is 216 Å². The van der Waals surface area contributed by atoms with E-state index < -0.39 is 40.5 Å². The number of hydrogen-bond donors (Lipinski definition) is 2. The molecular weight excluding hydrogens is 516 g/mol. The summed E-state index contributed by atoms with van der Waals surface area (Å²) in [6.45, 7) is -0.241. The summed E-state index contributed by atoms with van der Waals surface area (Å²) in [6, 6.07) is 8.49. The van der Waals surface area contributed by atoms with Crippen LogP contribution in [0.2, 0.25) is 5.02 Å². The second kappa shape index (κ2) is 10.1. The molecule has 3 fully saturated rings. The Kier molecular flexibility index (Phi) is 7.45. The molecule has 0 heterocycles. The zero-order valence-electron chi connectivity index (χ0n) is 20.1. The van der Waals surface area contributed by atoms with E-state index >= 15 is 0 Å². The molecule has 37 heavy (non-hydrogen) atoms. The lowest BCUT2D eigenvalue weighted by Gasteiger charge is -2.55. The quantitative estimate of drug-likeness (QED) is 0.497. The molecule has 200 valence electrons. The topological polar surface area (TPSA) is 78.9 Å². The zero-order chi connectivity index (χ0) is 27.0. The van der Waals surface area contributed by atoms with Gasteiger partial charge in [-0.25, -0.2) is 4.39 Å². The molecule has 6 nitrogen and oxygen atoms in total. The number of fused-ring (bicyclic) bond motifs is 3. The maximum absolute atomic E-state index is 13.6. The molecule has 1 atom stereocenters. The first-order valence-electron chi connectivity index (χ1n) is 11.8. The summed E-state index contributed by atoms with van der Waals surface area (Å²) in [5.41, 5.74) is -1.91. The van der Waals surface area contributed by atoms with E-state index in [4.69, 9.17) is 16.3 Å². The highest BCUT2D eigenvalue weighted by Crippen LogP contribution is 2.53. The van der Waals surface area contributed by atoms with Crippen LogP contribution in [0.1, 0.15) is 43.2 Å². The zero-order valence-corrected chi connectivity index (χ0v) is 20.8. The van der Waals surface area contributed by atoms with Crippen molar-refractivity contribution in [2.75, 3.05) is 13.7 Å². The molecule has 0 radical (unpaired) electrons. The van der Waals surface area contributed by atoms with Gasteiger partial charge in [0.25, 0.3) is 5.91 Å². The standard InChI is InChI=1S/C26H27ClF4N2O4/c1-33(14-16-2-4-17(5-3-16)26(29,30)31)23(36)25-10-8-24(9-11-25,13-21(25)34)32-22(35)15-37-18-6-7-19(27)20(28)12-18/h2-7,12,21,34H,8-11,13-15H2,1H3,(H,32,35). The molecule has 0 spiro atoms. The van der Waals surface area contributed by atoms with Crippen molar-refractivity contribution in [1.82, 2.24) is 10.2 Å². The highest BCUT2D eigenvalue weighted by molar-refractivity contribution is 6.30. The number of halogens is 5. The molecule has 5 rings (SSSR count). The molecule has 2 bridgehead atoms. The molecule has 0 aliphatic heterocycles. The average Bonchev–Trinajstić information content (AvgIpc) is 2.84. The van der Waals surface area contributed by atoms with Crippen LogP contribution in [0, 0.1) is 11.2 Å². The van der Waals surface area contributed by atoms with Gasteiger partial charge in [0.1, 0.15) is 11.6 Å². The smallest absolute Gasteiger partial charge is 0.416 e. The van der Waals surface area contributed by atoms with Crippen molar-refractivity contribution < 1.29 is 37.0 Å². The molecule has 11 heteroatoms. The van der Waals surface area contributed by atoms with Gasteiger partial charge in [0.2, 0.25) is 5.91 Å². The van der Waals surface area contributed by atoms with Gasteiger partial charge in [-0.05, 0) is 61.9 Å². The molecule has 0 aromatic heterocycles. The van der Waals surface area contributed by atoms with Crippen LogP contribution in [-0.2, 0) is 22.3 Å². The number of ether oxygens (including phenoxy) is 1. The van der Waals surface area contributed by atoms with E-state index in [0.29, 0.717) is 31.2 Å². The number of benzene rings is 2. The summed E-state index contributed by atoms with van der Waals surface area (Å²) in [6.07, 6.45) is -3.58. The van der Waals surface area contributed by atoms with E-state index in [0.717, 1.165) is 18.2 Å². The summed E-state index contributed by atoms with van der Waals surface area (Å²) in [7, 11) is 1.57. The number of amides is 2. The largest absolute Gasteiger partial charge is 0.484 e. The molecule has 2 N–H and O–H groups in total. The maximum Gasteiger partial charge on any atom is 0.416 e. The van der Waals surface area contributed by atoms with Gasteiger partial charge in [0, 0.05) is 25.2 Å². The summed E-state index contributed by atoms with van der Waals surface area (Å²) in [4.78, 5) is 27.4. The van der Waals surface area contributed by atoms with Crippen LogP contribution in [0.4, 0.5) is 17.6 Å². The molecule has 0 saturated heterocycles. The number of rotatable bonds is 7. The first-order chi connectivity index (χ1) is 17.3. The monoisotopic (exact) mass is 542 g/mol. The lowest BCUT2D eigenvalue weighted by Crippen LogP contribution is -2.65. The lowest BCUT2D eigenvalue weighted by molar-refractivity contribution is -0.165. The van der Waals surface area contributed by atoms with Crippen molar-refractivity contribution in [1.29, 1.82) is 0 Å². The number of carbonyl (C=O) groups excluding carboxylic acids is 2. The van der Waals surface area contributed by atoms with Crippen LogP contribution in [0.5, 0.6) is 5.75 Å². The summed E-state index contributed by atoms with van der Waals surface area (Å²) < 4.78 is 57.4. The van der Waals surface area contributed by atoms with E-state index in [1.165, 1.54) is 29.2 Å². The molecule has 2 amide bonds. The Morgan fingerprint density at radius 2 is 1.78 bits per heavy atom. The molecule has 3 aliphatic carbocycles. The molecule has 3 saturated carbocycles. The van der Waals surface area contributed by atoms with E-state index in [2.05, 4.69) is 5.32 Å². The van der Waals surface area contributed by atoms with Crippen LogP contribution >= 0.6 is 11.6 Å².